The van der Waals surface area contributed by atoms with E-state index in [2.05, 4.69) is 21.3 Å². The van der Waals surface area contributed by atoms with Crippen LogP contribution in [0.5, 0.6) is 11.5 Å². The van der Waals surface area contributed by atoms with Crippen molar-refractivity contribution in [1.82, 2.24) is 25.0 Å². The van der Waals surface area contributed by atoms with Crippen LogP contribution in [0.25, 0.3) is 10.9 Å². The van der Waals surface area contributed by atoms with Gasteiger partial charge in [-0.15, -0.1) is 0 Å². The standard InChI is InChI=1S/C31H35N5O5/c1-40-28-7-6-20(12-27(28)37)16-34-17-23-14-26(22-13-21-4-2-3-5-25(21)33-15-22)36-30(39)35(29(38)31(23,36)19-34)10-8-24-18-41-11-9-32-24/h2-7,12-13,15,23-24,26,32,37H,8-11,14,16-19H2,1H3/t23-,24?,26?,31-/m1/s1. The number of urea groups is 1. The first kappa shape index (κ1) is 26.2. The zero-order valence-corrected chi connectivity index (χ0v) is 23.2. The number of likely N-dealkylation sites (tertiary alicyclic amines) is 1. The number of fused-ring (bicyclic) bond motifs is 1. The molecule has 0 bridgehead atoms. The third kappa shape index (κ3) is 4.32. The Hall–Kier alpha value is -3.73. The molecule has 2 unspecified atom stereocenters. The average Bonchev–Trinajstić information content (AvgIpc) is 3.56. The summed E-state index contributed by atoms with van der Waals surface area (Å²) in [6.45, 7) is 4.11. The summed E-state index contributed by atoms with van der Waals surface area (Å²) in [5.74, 6) is 0.407. The highest BCUT2D eigenvalue weighted by Crippen LogP contribution is 2.55. The van der Waals surface area contributed by atoms with E-state index in [1.165, 1.54) is 12.0 Å². The maximum Gasteiger partial charge on any atom is 0.328 e. The van der Waals surface area contributed by atoms with Crippen LogP contribution in [0.3, 0.4) is 0 Å². The number of para-hydroxylation sites is 1. The van der Waals surface area contributed by atoms with Crippen molar-refractivity contribution in [2.75, 3.05) is 46.5 Å². The largest absolute Gasteiger partial charge is 0.504 e. The third-order valence-electron chi connectivity index (χ3n) is 9.27. The minimum absolute atomic E-state index is 0.0107. The van der Waals surface area contributed by atoms with Crippen LogP contribution in [-0.4, -0.2) is 94.8 Å². The van der Waals surface area contributed by atoms with Crippen molar-refractivity contribution in [2.24, 2.45) is 5.92 Å². The van der Waals surface area contributed by atoms with Crippen LogP contribution in [0, 0.1) is 5.92 Å². The van der Waals surface area contributed by atoms with Crippen molar-refractivity contribution in [3.8, 4) is 11.5 Å². The number of morpholine rings is 1. The molecule has 41 heavy (non-hydrogen) atoms. The smallest absolute Gasteiger partial charge is 0.328 e. The molecule has 4 saturated heterocycles. The average molecular weight is 558 g/mol. The molecule has 3 aromatic rings. The second-order valence-electron chi connectivity index (χ2n) is 11.6. The van der Waals surface area contributed by atoms with Gasteiger partial charge in [0, 0.05) is 56.3 Å². The highest BCUT2D eigenvalue weighted by Gasteiger charge is 2.70. The fraction of sp³-hybridized carbons (Fsp3) is 0.452. The van der Waals surface area contributed by atoms with Crippen molar-refractivity contribution in [2.45, 2.75) is 37.0 Å². The number of aromatic hydroxyl groups is 1. The predicted molar refractivity (Wildman–Crippen MR) is 151 cm³/mol. The Morgan fingerprint density at radius 2 is 2.07 bits per heavy atom. The van der Waals surface area contributed by atoms with E-state index in [1.807, 2.05) is 41.4 Å². The van der Waals surface area contributed by atoms with E-state index in [4.69, 9.17) is 9.47 Å². The zero-order chi connectivity index (χ0) is 28.1. The van der Waals surface area contributed by atoms with E-state index in [-0.39, 0.29) is 35.7 Å². The second kappa shape index (κ2) is 10.3. The molecule has 10 nitrogen and oxygen atoms in total. The number of phenols is 1. The Labute approximate surface area is 238 Å². The fourth-order valence-electron chi connectivity index (χ4n) is 7.35. The number of imide groups is 1. The number of rotatable bonds is 7. The van der Waals surface area contributed by atoms with Crippen LogP contribution in [0.15, 0.2) is 54.7 Å². The minimum Gasteiger partial charge on any atom is -0.504 e. The van der Waals surface area contributed by atoms with Gasteiger partial charge in [-0.2, -0.15) is 0 Å². The number of nitrogens with one attached hydrogen (secondary N) is 1. The molecule has 1 aromatic heterocycles. The number of ether oxygens (including phenoxy) is 2. The molecule has 10 heteroatoms. The summed E-state index contributed by atoms with van der Waals surface area (Å²) >= 11 is 0. The highest BCUT2D eigenvalue weighted by molar-refractivity contribution is 6.08. The van der Waals surface area contributed by atoms with E-state index >= 15 is 0 Å². The van der Waals surface area contributed by atoms with Crippen LogP contribution < -0.4 is 10.1 Å². The first-order valence-corrected chi connectivity index (χ1v) is 14.4. The number of phenolic OH excluding ortho intramolecular Hbond substituents is 1. The van der Waals surface area contributed by atoms with Crippen LogP contribution in [0.1, 0.15) is 30.0 Å². The van der Waals surface area contributed by atoms with Gasteiger partial charge in [0.1, 0.15) is 5.54 Å². The van der Waals surface area contributed by atoms with Gasteiger partial charge in [-0.25, -0.2) is 4.79 Å². The van der Waals surface area contributed by atoms with Crippen molar-refractivity contribution in [3.05, 3.63) is 65.9 Å². The van der Waals surface area contributed by atoms with Gasteiger partial charge >= 0.3 is 6.03 Å². The number of benzene rings is 2. The number of amides is 3. The van der Waals surface area contributed by atoms with Crippen LogP contribution in [-0.2, 0) is 16.1 Å². The van der Waals surface area contributed by atoms with Crippen molar-refractivity contribution in [3.63, 3.8) is 0 Å². The molecule has 4 aliphatic heterocycles. The molecular weight excluding hydrogens is 522 g/mol. The number of nitrogens with zero attached hydrogens (tertiary/aromatic N) is 4. The van der Waals surface area contributed by atoms with E-state index in [9.17, 15) is 14.7 Å². The van der Waals surface area contributed by atoms with Crippen LogP contribution in [0.4, 0.5) is 4.79 Å². The molecule has 0 saturated carbocycles. The van der Waals surface area contributed by atoms with Gasteiger partial charge in [0.05, 0.1) is 31.9 Å². The molecule has 3 amide bonds. The Morgan fingerprint density at radius 3 is 2.88 bits per heavy atom. The Balaban J connectivity index is 1.19. The molecule has 214 valence electrons. The van der Waals surface area contributed by atoms with E-state index in [0.29, 0.717) is 58.0 Å². The topological polar surface area (TPSA) is 107 Å². The normalized spacial score (nSPS) is 28.0. The number of methoxy groups -OCH3 is 1. The van der Waals surface area contributed by atoms with Crippen LogP contribution in [0.2, 0.25) is 0 Å². The van der Waals surface area contributed by atoms with Crippen LogP contribution >= 0.6 is 0 Å². The summed E-state index contributed by atoms with van der Waals surface area (Å²) in [5, 5.41) is 14.8. The van der Waals surface area contributed by atoms with Crippen molar-refractivity contribution in [1.29, 1.82) is 0 Å². The number of pyridine rings is 1. The van der Waals surface area contributed by atoms with Gasteiger partial charge in [-0.3, -0.25) is 19.6 Å². The molecule has 7 rings (SSSR count). The monoisotopic (exact) mass is 557 g/mol. The first-order valence-electron chi connectivity index (χ1n) is 14.4. The number of carbonyl (C=O) groups is 2. The SMILES string of the molecule is COc1ccc(CN2C[C@H]3CC(c4cnc5ccccc5c4)N4C(=O)N(CCC5COCCN5)C(=O)[C@@]34C2)cc1O. The van der Waals surface area contributed by atoms with Gasteiger partial charge in [0.15, 0.2) is 11.5 Å². The number of hydrogen-bond acceptors (Lipinski definition) is 8. The number of hydrogen-bond donors (Lipinski definition) is 2. The molecule has 4 atom stereocenters. The lowest BCUT2D eigenvalue weighted by Gasteiger charge is -2.32. The van der Waals surface area contributed by atoms with Gasteiger partial charge in [0.25, 0.3) is 5.91 Å². The summed E-state index contributed by atoms with van der Waals surface area (Å²) in [6.07, 6.45) is 3.22. The lowest BCUT2D eigenvalue weighted by molar-refractivity contribution is -0.133. The molecule has 0 radical (unpaired) electrons. The Morgan fingerprint density at radius 1 is 1.20 bits per heavy atom. The third-order valence-corrected chi connectivity index (χ3v) is 9.27. The van der Waals surface area contributed by atoms with Gasteiger partial charge < -0.3 is 24.8 Å². The fourth-order valence-corrected chi connectivity index (χ4v) is 7.35. The first-order chi connectivity index (χ1) is 20.0. The summed E-state index contributed by atoms with van der Waals surface area (Å²) < 4.78 is 10.8. The van der Waals surface area contributed by atoms with E-state index in [1.54, 1.807) is 12.1 Å². The second-order valence-corrected chi connectivity index (χ2v) is 11.6. The quantitative estimate of drug-likeness (QED) is 0.427. The van der Waals surface area contributed by atoms with Crippen molar-refractivity contribution < 1.29 is 24.2 Å². The molecule has 2 N–H and O–H groups in total. The Kier molecular flexibility index (Phi) is 6.56. The molecule has 0 aliphatic carbocycles. The number of aromatic nitrogens is 1. The lowest BCUT2D eigenvalue weighted by atomic mass is 9.87. The highest BCUT2D eigenvalue weighted by atomic mass is 16.5. The minimum atomic E-state index is -0.918. The lowest BCUT2D eigenvalue weighted by Crippen LogP contribution is -2.51. The maximum atomic E-state index is 14.3. The maximum absolute atomic E-state index is 14.3. The zero-order valence-electron chi connectivity index (χ0n) is 23.2. The van der Waals surface area contributed by atoms with Gasteiger partial charge in [-0.1, -0.05) is 24.3 Å². The molecule has 4 aliphatic rings. The molecular formula is C31H35N5O5. The summed E-state index contributed by atoms with van der Waals surface area (Å²) in [4.78, 5) is 38.7. The van der Waals surface area contributed by atoms with Gasteiger partial charge in [-0.05, 0) is 48.2 Å². The summed E-state index contributed by atoms with van der Waals surface area (Å²) in [5.41, 5.74) is 1.89. The molecule has 5 heterocycles. The van der Waals surface area contributed by atoms with Crippen molar-refractivity contribution >= 4 is 22.8 Å². The summed E-state index contributed by atoms with van der Waals surface area (Å²) in [7, 11) is 1.53. The Bertz CT molecular complexity index is 1490. The molecule has 4 fully saturated rings. The predicted octanol–water partition coefficient (Wildman–Crippen LogP) is 2.91. The van der Waals surface area contributed by atoms with E-state index in [0.717, 1.165) is 28.6 Å². The van der Waals surface area contributed by atoms with Gasteiger partial charge in [0.2, 0.25) is 0 Å². The molecule has 2 aromatic carbocycles. The number of carbonyl (C=O) groups excluding carboxylic acids is 2. The summed E-state index contributed by atoms with van der Waals surface area (Å²) in [6, 6.07) is 15.2. The molecule has 1 spiro atoms. The van der Waals surface area contributed by atoms with E-state index < -0.39 is 5.54 Å².